The minimum absolute atomic E-state index is 0.270. The number of fused-ring (bicyclic) bond motifs is 1. The molecule has 0 fully saturated rings. The SMILES string of the molecule is COC(=O)/C(O)=C(\C(=O)OC)[N+]1=C(c2ccc(Cl)cc2)c2cc(OC)c(OC)cc2CC1. The number of esters is 2. The number of nitrogens with zero attached hydrogens (tertiary/aromatic N) is 1. The van der Waals surface area contributed by atoms with Crippen molar-refractivity contribution in [3.8, 4) is 11.5 Å². The van der Waals surface area contributed by atoms with Crippen LogP contribution in [0.15, 0.2) is 47.9 Å². The number of rotatable bonds is 6. The fourth-order valence-electron chi connectivity index (χ4n) is 3.61. The summed E-state index contributed by atoms with van der Waals surface area (Å²) in [5, 5.41) is 11.1. The number of carbonyl (C=O) groups is 2. The van der Waals surface area contributed by atoms with Crippen molar-refractivity contribution in [2.75, 3.05) is 35.0 Å². The van der Waals surface area contributed by atoms with Crippen molar-refractivity contribution < 1.29 is 38.2 Å². The van der Waals surface area contributed by atoms with Crippen LogP contribution >= 0.6 is 11.6 Å². The van der Waals surface area contributed by atoms with E-state index in [1.54, 1.807) is 37.4 Å². The van der Waals surface area contributed by atoms with Gasteiger partial charge in [0.1, 0.15) is 0 Å². The quantitative estimate of drug-likeness (QED) is 0.306. The maximum Gasteiger partial charge on any atom is 0.407 e. The summed E-state index contributed by atoms with van der Waals surface area (Å²) in [4.78, 5) is 24.8. The van der Waals surface area contributed by atoms with Crippen LogP contribution in [-0.4, -0.2) is 62.3 Å². The second-order valence-electron chi connectivity index (χ2n) is 6.80. The number of hydrogen-bond donors (Lipinski definition) is 1. The van der Waals surface area contributed by atoms with E-state index in [0.29, 0.717) is 34.2 Å². The highest BCUT2D eigenvalue weighted by Crippen LogP contribution is 2.34. The van der Waals surface area contributed by atoms with Crippen LogP contribution in [0, 0.1) is 0 Å². The summed E-state index contributed by atoms with van der Waals surface area (Å²) in [7, 11) is 5.35. The van der Waals surface area contributed by atoms with E-state index in [2.05, 4.69) is 4.74 Å². The van der Waals surface area contributed by atoms with Gasteiger partial charge in [0, 0.05) is 17.0 Å². The van der Waals surface area contributed by atoms with Crippen molar-refractivity contribution in [3.63, 3.8) is 0 Å². The van der Waals surface area contributed by atoms with Gasteiger partial charge in [-0.2, -0.15) is 4.58 Å². The van der Waals surface area contributed by atoms with Crippen LogP contribution < -0.4 is 9.47 Å². The average molecular weight is 461 g/mol. The maximum atomic E-state index is 12.7. The molecule has 1 aliphatic heterocycles. The lowest BCUT2D eigenvalue weighted by Gasteiger charge is -2.21. The molecule has 32 heavy (non-hydrogen) atoms. The van der Waals surface area contributed by atoms with Gasteiger partial charge in [0.25, 0.3) is 5.76 Å². The number of methoxy groups -OCH3 is 4. The van der Waals surface area contributed by atoms with Gasteiger partial charge in [-0.3, -0.25) is 0 Å². The molecule has 1 N–H and O–H groups in total. The fourth-order valence-corrected chi connectivity index (χ4v) is 3.73. The van der Waals surface area contributed by atoms with Gasteiger partial charge >= 0.3 is 17.6 Å². The smallest absolute Gasteiger partial charge is 0.407 e. The first-order chi connectivity index (χ1) is 15.4. The highest BCUT2D eigenvalue weighted by molar-refractivity contribution is 6.30. The van der Waals surface area contributed by atoms with Crippen molar-refractivity contribution in [1.29, 1.82) is 0 Å². The van der Waals surface area contributed by atoms with E-state index in [9.17, 15) is 14.7 Å². The van der Waals surface area contributed by atoms with Gasteiger partial charge in [-0.05, 0) is 42.0 Å². The molecule has 0 saturated carbocycles. The molecule has 3 rings (SSSR count). The van der Waals surface area contributed by atoms with Crippen LogP contribution in [0.1, 0.15) is 16.7 Å². The number of hydrogen-bond acceptors (Lipinski definition) is 7. The molecule has 0 aliphatic carbocycles. The largest absolute Gasteiger partial charge is 0.497 e. The number of ether oxygens (including phenoxy) is 4. The lowest BCUT2D eigenvalue weighted by Crippen LogP contribution is -2.35. The maximum absolute atomic E-state index is 12.7. The second kappa shape index (κ2) is 9.74. The predicted octanol–water partition coefficient (Wildman–Crippen LogP) is 2.88. The van der Waals surface area contributed by atoms with Crippen LogP contribution in [0.3, 0.4) is 0 Å². The number of benzene rings is 2. The Labute approximate surface area is 190 Å². The summed E-state index contributed by atoms with van der Waals surface area (Å²) in [6.07, 6.45) is 0.488. The molecule has 2 aromatic carbocycles. The van der Waals surface area contributed by atoms with E-state index < -0.39 is 17.7 Å². The number of aliphatic hydroxyl groups is 1. The van der Waals surface area contributed by atoms with Gasteiger partial charge in [-0.15, -0.1) is 0 Å². The fraction of sp³-hybridized carbons (Fsp3) is 0.261. The van der Waals surface area contributed by atoms with E-state index in [4.69, 9.17) is 25.8 Å². The van der Waals surface area contributed by atoms with Crippen molar-refractivity contribution in [2.24, 2.45) is 0 Å². The van der Waals surface area contributed by atoms with Gasteiger partial charge in [-0.25, -0.2) is 9.59 Å². The molecule has 0 spiro atoms. The van der Waals surface area contributed by atoms with E-state index in [1.807, 2.05) is 6.07 Å². The summed E-state index contributed by atoms with van der Waals surface area (Å²) >= 11 is 6.08. The van der Waals surface area contributed by atoms with Gasteiger partial charge in [-0.1, -0.05) is 11.6 Å². The molecule has 1 aliphatic rings. The molecule has 0 amide bonds. The van der Waals surface area contributed by atoms with Crippen molar-refractivity contribution >= 4 is 29.3 Å². The number of aliphatic hydroxyl groups excluding tert-OH is 1. The minimum atomic E-state index is -1.06. The summed E-state index contributed by atoms with van der Waals surface area (Å²) in [6.45, 7) is 0.270. The zero-order valence-electron chi connectivity index (χ0n) is 18.1. The van der Waals surface area contributed by atoms with Crippen molar-refractivity contribution in [1.82, 2.24) is 0 Å². The van der Waals surface area contributed by atoms with Crippen molar-refractivity contribution in [2.45, 2.75) is 6.42 Å². The predicted molar refractivity (Wildman–Crippen MR) is 117 cm³/mol. The normalized spacial score (nSPS) is 13.7. The summed E-state index contributed by atoms with van der Waals surface area (Å²) < 4.78 is 21.9. The van der Waals surface area contributed by atoms with Crippen LogP contribution in [-0.2, 0) is 25.5 Å². The Morgan fingerprint density at radius 3 is 2.09 bits per heavy atom. The molecule has 8 nitrogen and oxygen atoms in total. The molecule has 168 valence electrons. The lowest BCUT2D eigenvalue weighted by atomic mass is 9.91. The van der Waals surface area contributed by atoms with E-state index in [0.717, 1.165) is 18.2 Å². The highest BCUT2D eigenvalue weighted by Gasteiger charge is 2.39. The van der Waals surface area contributed by atoms with Crippen LogP contribution in [0.2, 0.25) is 5.02 Å². The Morgan fingerprint density at radius 1 is 0.938 bits per heavy atom. The monoisotopic (exact) mass is 460 g/mol. The molecule has 1 heterocycles. The zero-order valence-corrected chi connectivity index (χ0v) is 18.9. The Morgan fingerprint density at radius 2 is 1.53 bits per heavy atom. The molecule has 0 bridgehead atoms. The third-order valence-corrected chi connectivity index (χ3v) is 5.36. The molecule has 0 radical (unpaired) electrons. The molecule has 0 saturated heterocycles. The second-order valence-corrected chi connectivity index (χ2v) is 7.24. The Balaban J connectivity index is 2.41. The third kappa shape index (κ3) is 4.27. The van der Waals surface area contributed by atoms with Gasteiger partial charge in [0.15, 0.2) is 18.0 Å². The first kappa shape index (κ1) is 23.1. The molecule has 9 heteroatoms. The lowest BCUT2D eigenvalue weighted by molar-refractivity contribution is -0.475. The molecule has 0 unspecified atom stereocenters. The molecular formula is C23H23ClNO7+. The number of carbonyl (C=O) groups excluding carboxylic acids is 2. The van der Waals surface area contributed by atoms with Crippen LogP contribution in [0.5, 0.6) is 11.5 Å². The van der Waals surface area contributed by atoms with Gasteiger partial charge in [0.05, 0.1) is 34.0 Å². The first-order valence-electron chi connectivity index (χ1n) is 9.61. The van der Waals surface area contributed by atoms with Gasteiger partial charge < -0.3 is 24.1 Å². The Bertz CT molecular complexity index is 1120. The summed E-state index contributed by atoms with van der Waals surface area (Å²) in [5.41, 5.74) is 2.59. The Kier molecular flexibility index (Phi) is 7.05. The standard InChI is InChI=1S/C23H22ClNO7/c1-29-17-11-14-9-10-25(20(22(27)31-3)21(26)23(28)32-4)19(16(14)12-18(17)30-2)13-5-7-15(24)8-6-13/h5-8,11-12H,9-10H2,1-4H3/p+1. The highest BCUT2D eigenvalue weighted by atomic mass is 35.5. The van der Waals surface area contributed by atoms with Crippen molar-refractivity contribution in [3.05, 3.63) is 69.6 Å². The first-order valence-corrected chi connectivity index (χ1v) is 9.99. The van der Waals surface area contributed by atoms with Gasteiger partial charge in [0.2, 0.25) is 5.71 Å². The van der Waals surface area contributed by atoms with E-state index >= 15 is 0 Å². The number of halogens is 1. The Hall–Kier alpha value is -3.52. The minimum Gasteiger partial charge on any atom is -0.497 e. The molecule has 0 aromatic heterocycles. The van der Waals surface area contributed by atoms with Crippen LogP contribution in [0.4, 0.5) is 0 Å². The molecular weight excluding hydrogens is 438 g/mol. The molecule has 2 aromatic rings. The summed E-state index contributed by atoms with van der Waals surface area (Å²) in [5.74, 6) is -1.74. The summed E-state index contributed by atoms with van der Waals surface area (Å²) in [6, 6.07) is 10.6. The topological polar surface area (TPSA) is 94.3 Å². The zero-order chi connectivity index (χ0) is 23.4. The third-order valence-electron chi connectivity index (χ3n) is 5.11. The molecule has 0 atom stereocenters. The van der Waals surface area contributed by atoms with E-state index in [1.165, 1.54) is 18.8 Å². The average Bonchev–Trinajstić information content (AvgIpc) is 2.82. The van der Waals surface area contributed by atoms with Crippen LogP contribution in [0.25, 0.3) is 0 Å². The van der Waals surface area contributed by atoms with E-state index in [-0.39, 0.29) is 12.2 Å².